The molecule has 2 aromatic rings. The fraction of sp³-hybridized carbons (Fsp3) is 0.250. The van der Waals surface area contributed by atoms with E-state index in [2.05, 4.69) is 41.5 Å². The summed E-state index contributed by atoms with van der Waals surface area (Å²) in [4.78, 5) is 16.0. The normalized spacial score (nSPS) is 11.9. The topological polar surface area (TPSA) is 42.0 Å². The largest absolute Gasteiger partial charge is 0.344 e. The van der Waals surface area contributed by atoms with Crippen LogP contribution >= 0.6 is 0 Å². The third-order valence-electron chi connectivity index (χ3n) is 3.13. The number of pyridine rings is 1. The summed E-state index contributed by atoms with van der Waals surface area (Å²) >= 11 is 0. The number of aromatic nitrogens is 1. The van der Waals surface area contributed by atoms with Gasteiger partial charge in [0, 0.05) is 6.20 Å². The maximum atomic E-state index is 12.0. The van der Waals surface area contributed by atoms with Crippen LogP contribution < -0.4 is 5.32 Å². The van der Waals surface area contributed by atoms with Crippen molar-refractivity contribution in [3.8, 4) is 0 Å². The van der Waals surface area contributed by atoms with Gasteiger partial charge in [-0.25, -0.2) is 0 Å². The van der Waals surface area contributed by atoms with Gasteiger partial charge in [0.25, 0.3) is 5.91 Å². The van der Waals surface area contributed by atoms with Gasteiger partial charge in [0.15, 0.2) is 0 Å². The standard InChI is InChI=1S/C16H18N2O/c1-3-13-7-9-14(10-8-13)12(2)18-16(19)15-6-4-5-11-17-15/h4-12H,3H2,1-2H3,(H,18,19). The first kappa shape index (κ1) is 13.3. The lowest BCUT2D eigenvalue weighted by atomic mass is 10.0. The highest BCUT2D eigenvalue weighted by Gasteiger charge is 2.11. The zero-order chi connectivity index (χ0) is 13.7. The summed E-state index contributed by atoms with van der Waals surface area (Å²) in [5.74, 6) is -0.146. The second-order valence-corrected chi connectivity index (χ2v) is 4.51. The predicted molar refractivity (Wildman–Crippen MR) is 75.9 cm³/mol. The first-order valence-electron chi connectivity index (χ1n) is 6.51. The monoisotopic (exact) mass is 254 g/mol. The van der Waals surface area contributed by atoms with Gasteiger partial charge < -0.3 is 5.32 Å². The number of nitrogens with one attached hydrogen (secondary N) is 1. The van der Waals surface area contributed by atoms with E-state index in [0.29, 0.717) is 5.69 Å². The lowest BCUT2D eigenvalue weighted by Gasteiger charge is -2.14. The minimum Gasteiger partial charge on any atom is -0.344 e. The van der Waals surface area contributed by atoms with Gasteiger partial charge in [-0.1, -0.05) is 37.3 Å². The number of nitrogens with zero attached hydrogens (tertiary/aromatic N) is 1. The highest BCUT2D eigenvalue weighted by atomic mass is 16.1. The van der Waals surface area contributed by atoms with Crippen LogP contribution in [0.5, 0.6) is 0 Å². The molecule has 0 fully saturated rings. The predicted octanol–water partition coefficient (Wildman–Crippen LogP) is 3.14. The molecule has 98 valence electrons. The number of rotatable bonds is 4. The van der Waals surface area contributed by atoms with Crippen molar-refractivity contribution in [3.05, 3.63) is 65.5 Å². The third-order valence-corrected chi connectivity index (χ3v) is 3.13. The van der Waals surface area contributed by atoms with Gasteiger partial charge in [-0.15, -0.1) is 0 Å². The highest BCUT2D eigenvalue weighted by molar-refractivity contribution is 5.92. The van der Waals surface area contributed by atoms with Crippen LogP contribution in [0.3, 0.4) is 0 Å². The molecule has 0 saturated heterocycles. The van der Waals surface area contributed by atoms with E-state index in [1.54, 1.807) is 18.3 Å². The number of aryl methyl sites for hydroxylation is 1. The first-order chi connectivity index (χ1) is 9.20. The molecule has 1 aromatic heterocycles. The molecule has 1 atom stereocenters. The maximum Gasteiger partial charge on any atom is 0.270 e. The molecule has 1 aromatic carbocycles. The summed E-state index contributed by atoms with van der Waals surface area (Å²) in [7, 11) is 0. The van der Waals surface area contributed by atoms with E-state index in [0.717, 1.165) is 12.0 Å². The van der Waals surface area contributed by atoms with Crippen LogP contribution in [0, 0.1) is 0 Å². The van der Waals surface area contributed by atoms with E-state index >= 15 is 0 Å². The maximum absolute atomic E-state index is 12.0. The molecule has 0 saturated carbocycles. The van der Waals surface area contributed by atoms with Crippen molar-refractivity contribution in [3.63, 3.8) is 0 Å². The van der Waals surface area contributed by atoms with Gasteiger partial charge in [0.2, 0.25) is 0 Å². The molecule has 0 spiro atoms. The minimum absolute atomic E-state index is 0.0274. The van der Waals surface area contributed by atoms with Crippen LogP contribution in [0.15, 0.2) is 48.7 Å². The first-order valence-corrected chi connectivity index (χ1v) is 6.51. The van der Waals surface area contributed by atoms with Crippen molar-refractivity contribution in [2.75, 3.05) is 0 Å². The Hall–Kier alpha value is -2.16. The van der Waals surface area contributed by atoms with Crippen molar-refractivity contribution in [2.24, 2.45) is 0 Å². The Morgan fingerprint density at radius 2 is 1.95 bits per heavy atom. The summed E-state index contributed by atoms with van der Waals surface area (Å²) in [6.45, 7) is 4.10. The van der Waals surface area contributed by atoms with E-state index in [-0.39, 0.29) is 11.9 Å². The second-order valence-electron chi connectivity index (χ2n) is 4.51. The van der Waals surface area contributed by atoms with Crippen LogP contribution in [0.4, 0.5) is 0 Å². The molecule has 0 aliphatic carbocycles. The van der Waals surface area contributed by atoms with E-state index in [9.17, 15) is 4.79 Å². The minimum atomic E-state index is -0.146. The molecule has 0 bridgehead atoms. The Morgan fingerprint density at radius 1 is 1.21 bits per heavy atom. The molecule has 2 rings (SSSR count). The molecule has 3 heteroatoms. The smallest absolute Gasteiger partial charge is 0.270 e. The molecule has 19 heavy (non-hydrogen) atoms. The van der Waals surface area contributed by atoms with Crippen molar-refractivity contribution in [1.29, 1.82) is 0 Å². The van der Waals surface area contributed by atoms with Crippen molar-refractivity contribution in [1.82, 2.24) is 10.3 Å². The lowest BCUT2D eigenvalue weighted by Crippen LogP contribution is -2.27. The Balaban J connectivity index is 2.04. The summed E-state index contributed by atoms with van der Waals surface area (Å²) in [5.41, 5.74) is 2.84. The zero-order valence-corrected chi connectivity index (χ0v) is 11.3. The molecule has 1 unspecified atom stereocenters. The number of carbonyl (C=O) groups is 1. The van der Waals surface area contributed by atoms with Gasteiger partial charge in [0.1, 0.15) is 5.69 Å². The molecule has 1 N–H and O–H groups in total. The average molecular weight is 254 g/mol. The SMILES string of the molecule is CCc1ccc(C(C)NC(=O)c2ccccn2)cc1. The van der Waals surface area contributed by atoms with Gasteiger partial charge in [0.05, 0.1) is 6.04 Å². The molecule has 0 radical (unpaired) electrons. The summed E-state index contributed by atoms with van der Waals surface area (Å²) < 4.78 is 0. The number of amides is 1. The molecule has 1 amide bonds. The molecular formula is C16H18N2O. The van der Waals surface area contributed by atoms with Gasteiger partial charge >= 0.3 is 0 Å². The lowest BCUT2D eigenvalue weighted by molar-refractivity contribution is 0.0935. The van der Waals surface area contributed by atoms with Crippen molar-refractivity contribution >= 4 is 5.91 Å². The molecule has 3 nitrogen and oxygen atoms in total. The van der Waals surface area contributed by atoms with Gasteiger partial charge in [-0.05, 0) is 36.6 Å². The number of carbonyl (C=O) groups excluding carboxylic acids is 1. The number of benzene rings is 1. The van der Waals surface area contributed by atoms with E-state index in [1.165, 1.54) is 5.56 Å². The molecule has 0 aliphatic heterocycles. The summed E-state index contributed by atoms with van der Waals surface area (Å²) in [6.07, 6.45) is 2.64. The Morgan fingerprint density at radius 3 is 2.53 bits per heavy atom. The summed E-state index contributed by atoms with van der Waals surface area (Å²) in [5, 5.41) is 2.95. The van der Waals surface area contributed by atoms with Crippen LogP contribution in [-0.4, -0.2) is 10.9 Å². The van der Waals surface area contributed by atoms with Crippen molar-refractivity contribution in [2.45, 2.75) is 26.3 Å². The fourth-order valence-corrected chi connectivity index (χ4v) is 1.89. The highest BCUT2D eigenvalue weighted by Crippen LogP contribution is 2.14. The van der Waals surface area contributed by atoms with E-state index in [4.69, 9.17) is 0 Å². The van der Waals surface area contributed by atoms with Crippen LogP contribution in [-0.2, 0) is 6.42 Å². The molecular weight excluding hydrogens is 236 g/mol. The number of hydrogen-bond donors (Lipinski definition) is 1. The van der Waals surface area contributed by atoms with Crippen LogP contribution in [0.25, 0.3) is 0 Å². The number of hydrogen-bond acceptors (Lipinski definition) is 2. The second kappa shape index (κ2) is 6.14. The Kier molecular flexibility index (Phi) is 4.29. The van der Waals surface area contributed by atoms with E-state index < -0.39 is 0 Å². The van der Waals surface area contributed by atoms with Crippen LogP contribution in [0.1, 0.15) is 41.5 Å². The zero-order valence-electron chi connectivity index (χ0n) is 11.3. The average Bonchev–Trinajstić information content (AvgIpc) is 2.48. The quantitative estimate of drug-likeness (QED) is 0.910. The Bertz CT molecular complexity index is 534. The molecule has 0 aliphatic rings. The van der Waals surface area contributed by atoms with Crippen molar-refractivity contribution < 1.29 is 4.79 Å². The van der Waals surface area contributed by atoms with Crippen LogP contribution in [0.2, 0.25) is 0 Å². The fourth-order valence-electron chi connectivity index (χ4n) is 1.89. The molecule has 1 heterocycles. The van der Waals surface area contributed by atoms with Gasteiger partial charge in [-0.3, -0.25) is 9.78 Å². The Labute approximate surface area is 113 Å². The third kappa shape index (κ3) is 3.41. The van der Waals surface area contributed by atoms with Gasteiger partial charge in [-0.2, -0.15) is 0 Å². The summed E-state index contributed by atoms with van der Waals surface area (Å²) in [6, 6.07) is 13.6. The van der Waals surface area contributed by atoms with E-state index in [1.807, 2.05) is 13.0 Å².